The maximum Gasteiger partial charge on any atom is 0.261 e. The normalized spacial score (nSPS) is 12.2. The number of nitrogens with one attached hydrogen (secondary N) is 2. The minimum Gasteiger partial charge on any atom is -0.349 e. The molecule has 1 amide bonds. The van der Waals surface area contributed by atoms with Crippen molar-refractivity contribution in [2.75, 3.05) is 11.3 Å². The summed E-state index contributed by atoms with van der Waals surface area (Å²) >= 11 is 0. The molecular weight excluding hydrogens is 348 g/mol. The van der Waals surface area contributed by atoms with Gasteiger partial charge in [0.2, 0.25) is 0 Å². The van der Waals surface area contributed by atoms with Gasteiger partial charge >= 0.3 is 0 Å². The molecule has 0 saturated carbocycles. The number of carbonyl (C=O) groups excluding carboxylic acids is 1. The van der Waals surface area contributed by atoms with E-state index in [2.05, 4.69) is 30.5 Å². The summed E-state index contributed by atoms with van der Waals surface area (Å²) in [5.74, 6) is 0.00399. The molecule has 0 aliphatic heterocycles. The highest BCUT2D eigenvalue weighted by Crippen LogP contribution is 2.23. The Morgan fingerprint density at radius 1 is 1.15 bits per heavy atom. The molecule has 2 N–H and O–H groups in total. The Morgan fingerprint density at radius 2 is 1.81 bits per heavy atom. The van der Waals surface area contributed by atoms with Gasteiger partial charge in [-0.25, -0.2) is 8.42 Å². The van der Waals surface area contributed by atoms with Crippen LogP contribution in [0.25, 0.3) is 0 Å². The second-order valence-electron chi connectivity index (χ2n) is 6.03. The predicted molar refractivity (Wildman–Crippen MR) is 105 cm³/mol. The number of anilines is 1. The van der Waals surface area contributed by atoms with E-state index in [1.54, 1.807) is 42.5 Å². The van der Waals surface area contributed by atoms with Crippen molar-refractivity contribution in [3.8, 4) is 0 Å². The third-order valence-electron chi connectivity index (χ3n) is 4.19. The van der Waals surface area contributed by atoms with Crippen LogP contribution < -0.4 is 10.0 Å². The summed E-state index contributed by atoms with van der Waals surface area (Å²) in [4.78, 5) is 12.4. The summed E-state index contributed by atoms with van der Waals surface area (Å²) in [7, 11) is -3.79. The average molecular weight is 372 g/mol. The zero-order valence-corrected chi connectivity index (χ0v) is 15.8. The number of hydrogen-bond acceptors (Lipinski definition) is 3. The van der Waals surface area contributed by atoms with Crippen molar-refractivity contribution in [3.05, 3.63) is 72.3 Å². The first kappa shape index (κ1) is 19.7. The van der Waals surface area contributed by atoms with Crippen LogP contribution in [0.1, 0.15) is 42.1 Å². The van der Waals surface area contributed by atoms with E-state index in [0.29, 0.717) is 12.5 Å². The van der Waals surface area contributed by atoms with E-state index in [1.165, 1.54) is 0 Å². The van der Waals surface area contributed by atoms with Gasteiger partial charge < -0.3 is 5.32 Å². The number of benzene rings is 2. The summed E-state index contributed by atoms with van der Waals surface area (Å²) in [6.45, 7) is 8.04. The molecule has 0 spiro atoms. The van der Waals surface area contributed by atoms with Gasteiger partial charge in [-0.15, -0.1) is 6.58 Å². The first-order valence-corrected chi connectivity index (χ1v) is 9.98. The lowest BCUT2D eigenvalue weighted by Crippen LogP contribution is -2.25. The van der Waals surface area contributed by atoms with Gasteiger partial charge in [0, 0.05) is 6.54 Å². The molecule has 0 unspecified atom stereocenters. The van der Waals surface area contributed by atoms with E-state index in [-0.39, 0.29) is 22.1 Å². The topological polar surface area (TPSA) is 75.3 Å². The van der Waals surface area contributed by atoms with Crippen molar-refractivity contribution in [3.63, 3.8) is 0 Å². The Labute approximate surface area is 155 Å². The highest BCUT2D eigenvalue weighted by atomic mass is 32.2. The molecular formula is C20H24N2O3S. The lowest BCUT2D eigenvalue weighted by Gasteiger charge is -2.13. The van der Waals surface area contributed by atoms with E-state index >= 15 is 0 Å². The van der Waals surface area contributed by atoms with Crippen LogP contribution in [0.15, 0.2) is 66.1 Å². The van der Waals surface area contributed by atoms with Gasteiger partial charge in [0.05, 0.1) is 16.1 Å². The third-order valence-corrected chi connectivity index (χ3v) is 5.58. The number of carbonyl (C=O) groups is 1. The summed E-state index contributed by atoms with van der Waals surface area (Å²) in [6.07, 6.45) is 2.54. The molecule has 0 fully saturated rings. The van der Waals surface area contributed by atoms with Crippen LogP contribution in [0, 0.1) is 0 Å². The van der Waals surface area contributed by atoms with Gasteiger partial charge in [-0.3, -0.25) is 9.52 Å². The van der Waals surface area contributed by atoms with E-state index < -0.39 is 10.0 Å². The molecule has 6 heteroatoms. The summed E-state index contributed by atoms with van der Waals surface area (Å²) < 4.78 is 27.9. The molecule has 0 heterocycles. The third kappa shape index (κ3) is 4.73. The molecule has 0 aromatic heterocycles. The van der Waals surface area contributed by atoms with Gasteiger partial charge in [0.25, 0.3) is 15.9 Å². The molecule has 0 saturated heterocycles. The minimum atomic E-state index is -3.79. The van der Waals surface area contributed by atoms with Gasteiger partial charge in [0.1, 0.15) is 0 Å². The first-order valence-electron chi connectivity index (χ1n) is 8.50. The van der Waals surface area contributed by atoms with Crippen molar-refractivity contribution in [1.82, 2.24) is 5.32 Å². The van der Waals surface area contributed by atoms with Crippen LogP contribution in [0.3, 0.4) is 0 Å². The fourth-order valence-electron chi connectivity index (χ4n) is 2.45. The Bertz CT molecular complexity index is 874. The number of rotatable bonds is 8. The highest BCUT2D eigenvalue weighted by Gasteiger charge is 2.18. The molecule has 2 aromatic carbocycles. The SMILES string of the molecule is C=CCNC(=O)c1ccccc1NS(=O)(=O)c1ccc([C@@H](C)CC)cc1. The van der Waals surface area contributed by atoms with Gasteiger partial charge in [-0.1, -0.05) is 44.2 Å². The van der Waals surface area contributed by atoms with E-state index in [4.69, 9.17) is 0 Å². The summed E-state index contributed by atoms with van der Waals surface area (Å²) in [5, 5.41) is 2.65. The number of sulfonamides is 1. The lowest BCUT2D eigenvalue weighted by atomic mass is 9.99. The molecule has 138 valence electrons. The first-order chi connectivity index (χ1) is 12.4. The molecule has 0 bridgehead atoms. The standard InChI is InChI=1S/C20H24N2O3S/c1-4-14-21-20(23)18-8-6-7-9-19(18)22-26(24,25)17-12-10-16(11-13-17)15(3)5-2/h4,6-13,15,22H,1,5,14H2,2-3H3,(H,21,23)/t15-/m0/s1. The second-order valence-corrected chi connectivity index (χ2v) is 7.71. The molecule has 1 atom stereocenters. The van der Waals surface area contributed by atoms with Crippen molar-refractivity contribution in [2.45, 2.75) is 31.1 Å². The fourth-order valence-corrected chi connectivity index (χ4v) is 3.52. The maximum absolute atomic E-state index is 12.7. The van der Waals surface area contributed by atoms with Gasteiger partial charge in [0.15, 0.2) is 0 Å². The van der Waals surface area contributed by atoms with Crippen LogP contribution in [0.2, 0.25) is 0 Å². The minimum absolute atomic E-state index is 0.158. The molecule has 0 radical (unpaired) electrons. The quantitative estimate of drug-likeness (QED) is 0.690. The van der Waals surface area contributed by atoms with Crippen LogP contribution in [0.4, 0.5) is 5.69 Å². The molecule has 5 nitrogen and oxygen atoms in total. The number of para-hydroxylation sites is 1. The zero-order chi connectivity index (χ0) is 19.2. The van der Waals surface area contributed by atoms with Crippen LogP contribution in [0.5, 0.6) is 0 Å². The lowest BCUT2D eigenvalue weighted by molar-refractivity contribution is 0.0959. The molecule has 2 aromatic rings. The monoisotopic (exact) mass is 372 g/mol. The largest absolute Gasteiger partial charge is 0.349 e. The van der Waals surface area contributed by atoms with Crippen molar-refractivity contribution < 1.29 is 13.2 Å². The molecule has 0 aliphatic rings. The maximum atomic E-state index is 12.7. The highest BCUT2D eigenvalue weighted by molar-refractivity contribution is 7.92. The van der Waals surface area contributed by atoms with Crippen LogP contribution >= 0.6 is 0 Å². The van der Waals surface area contributed by atoms with Crippen molar-refractivity contribution in [2.24, 2.45) is 0 Å². The van der Waals surface area contributed by atoms with Crippen LogP contribution in [-0.4, -0.2) is 20.9 Å². The molecule has 2 rings (SSSR count). The summed E-state index contributed by atoms with van der Waals surface area (Å²) in [5.41, 5.74) is 1.59. The van der Waals surface area contributed by atoms with E-state index in [9.17, 15) is 13.2 Å². The Hall–Kier alpha value is -2.60. The Morgan fingerprint density at radius 3 is 2.42 bits per heavy atom. The van der Waals surface area contributed by atoms with Crippen molar-refractivity contribution in [1.29, 1.82) is 0 Å². The average Bonchev–Trinajstić information content (AvgIpc) is 2.65. The predicted octanol–water partition coefficient (Wildman–Crippen LogP) is 3.92. The van der Waals surface area contributed by atoms with Gasteiger partial charge in [-0.05, 0) is 42.2 Å². The van der Waals surface area contributed by atoms with Crippen molar-refractivity contribution >= 4 is 21.6 Å². The number of hydrogen-bond donors (Lipinski definition) is 2. The van der Waals surface area contributed by atoms with E-state index in [1.807, 2.05) is 12.1 Å². The fraction of sp³-hybridized carbons (Fsp3) is 0.250. The van der Waals surface area contributed by atoms with E-state index in [0.717, 1.165) is 12.0 Å². The Kier molecular flexibility index (Phi) is 6.58. The second kappa shape index (κ2) is 8.67. The van der Waals surface area contributed by atoms with Crippen LogP contribution in [-0.2, 0) is 10.0 Å². The number of amides is 1. The van der Waals surface area contributed by atoms with Gasteiger partial charge in [-0.2, -0.15) is 0 Å². The molecule has 0 aliphatic carbocycles. The summed E-state index contributed by atoms with van der Waals surface area (Å²) in [6, 6.07) is 13.3. The Balaban J connectivity index is 2.27. The molecule has 26 heavy (non-hydrogen) atoms. The zero-order valence-electron chi connectivity index (χ0n) is 15.0. The smallest absolute Gasteiger partial charge is 0.261 e.